The van der Waals surface area contributed by atoms with Crippen LogP contribution in [0.1, 0.15) is 39.2 Å². The zero-order valence-electron chi connectivity index (χ0n) is 22.8. The Morgan fingerprint density at radius 3 is 2.08 bits per heavy atom. The Morgan fingerprint density at radius 2 is 1.41 bits per heavy atom. The third kappa shape index (κ3) is 17.2. The fourth-order valence-electron chi connectivity index (χ4n) is 3.17. The highest BCUT2D eigenvalue weighted by molar-refractivity contribution is 5.92. The van der Waals surface area contributed by atoms with E-state index in [4.69, 9.17) is 4.74 Å². The minimum absolute atomic E-state index is 0.148. The lowest BCUT2D eigenvalue weighted by Crippen LogP contribution is -2.52. The molecule has 13 nitrogen and oxygen atoms in total. The SMILES string of the molecule is CC(=O)NCC(=O)NCC(=O)N[C@@H](Cc1ccccc1)C(=O)NCC(=O)NCOCC(=O)NCCCC(C)C. The summed E-state index contributed by atoms with van der Waals surface area (Å²) in [5.41, 5.74) is 0.771. The third-order valence-electron chi connectivity index (χ3n) is 5.19. The number of ether oxygens (including phenoxy) is 1. The number of carbonyl (C=O) groups excluding carboxylic acids is 6. The average molecular weight is 549 g/mol. The number of amides is 6. The van der Waals surface area contributed by atoms with E-state index >= 15 is 0 Å². The molecule has 0 radical (unpaired) electrons. The topological polar surface area (TPSA) is 184 Å². The fourth-order valence-corrected chi connectivity index (χ4v) is 3.17. The van der Waals surface area contributed by atoms with Gasteiger partial charge in [-0.2, -0.15) is 0 Å². The van der Waals surface area contributed by atoms with E-state index in [0.717, 1.165) is 18.4 Å². The molecule has 0 aliphatic carbocycles. The summed E-state index contributed by atoms with van der Waals surface area (Å²) >= 11 is 0. The van der Waals surface area contributed by atoms with E-state index in [1.165, 1.54) is 6.92 Å². The molecule has 1 aromatic carbocycles. The lowest BCUT2D eigenvalue weighted by Gasteiger charge is -2.19. The Balaban J connectivity index is 2.45. The van der Waals surface area contributed by atoms with Gasteiger partial charge in [-0.15, -0.1) is 0 Å². The predicted octanol–water partition coefficient (Wildman–Crippen LogP) is -1.27. The van der Waals surface area contributed by atoms with Crippen molar-refractivity contribution in [3.63, 3.8) is 0 Å². The van der Waals surface area contributed by atoms with E-state index in [2.05, 4.69) is 45.7 Å². The zero-order valence-corrected chi connectivity index (χ0v) is 22.8. The van der Waals surface area contributed by atoms with Crippen molar-refractivity contribution in [1.29, 1.82) is 0 Å². The molecule has 0 saturated carbocycles. The highest BCUT2D eigenvalue weighted by Gasteiger charge is 2.22. The van der Waals surface area contributed by atoms with Crippen molar-refractivity contribution in [2.24, 2.45) is 5.92 Å². The quantitative estimate of drug-likeness (QED) is 0.0975. The van der Waals surface area contributed by atoms with Gasteiger partial charge in [0, 0.05) is 19.9 Å². The van der Waals surface area contributed by atoms with Gasteiger partial charge in [0.05, 0.1) is 19.6 Å². The van der Waals surface area contributed by atoms with Crippen molar-refractivity contribution >= 4 is 35.4 Å². The maximum Gasteiger partial charge on any atom is 0.246 e. The standard InChI is InChI=1S/C26H40N6O7/c1-18(2)8-7-11-27-25(37)16-39-17-31-23(35)14-30-26(38)21(12-20-9-5-4-6-10-20)32-24(36)15-29-22(34)13-28-19(3)33/h4-6,9-10,18,21H,7-8,11-17H2,1-3H3,(H,27,37)(H,28,33)(H,29,34)(H,30,38)(H,31,35)(H,32,36)/t21-/m0/s1. The van der Waals surface area contributed by atoms with Crippen molar-refractivity contribution in [2.45, 2.75) is 46.1 Å². The van der Waals surface area contributed by atoms with E-state index < -0.39 is 36.2 Å². The molecule has 0 bridgehead atoms. The highest BCUT2D eigenvalue weighted by Crippen LogP contribution is 2.04. The zero-order chi connectivity index (χ0) is 29.0. The molecule has 0 heterocycles. The van der Waals surface area contributed by atoms with Crippen LogP contribution in [0.15, 0.2) is 30.3 Å². The average Bonchev–Trinajstić information content (AvgIpc) is 2.89. The van der Waals surface area contributed by atoms with E-state index in [0.29, 0.717) is 12.5 Å². The molecule has 0 saturated heterocycles. The highest BCUT2D eigenvalue weighted by atomic mass is 16.5. The first-order valence-corrected chi connectivity index (χ1v) is 12.8. The van der Waals surface area contributed by atoms with Gasteiger partial charge in [-0.05, 0) is 24.3 Å². The van der Waals surface area contributed by atoms with E-state index in [-0.39, 0.29) is 44.7 Å². The summed E-state index contributed by atoms with van der Waals surface area (Å²) in [5, 5.41) is 14.8. The van der Waals surface area contributed by atoms with Gasteiger partial charge in [0.15, 0.2) is 0 Å². The van der Waals surface area contributed by atoms with Crippen LogP contribution in [0.25, 0.3) is 0 Å². The van der Waals surface area contributed by atoms with Gasteiger partial charge < -0.3 is 36.6 Å². The minimum Gasteiger partial charge on any atom is -0.354 e. The second-order valence-electron chi connectivity index (χ2n) is 9.19. The monoisotopic (exact) mass is 548 g/mol. The van der Waals surface area contributed by atoms with Crippen LogP contribution in [-0.4, -0.2) is 81.0 Å². The van der Waals surface area contributed by atoms with E-state index in [1.54, 1.807) is 24.3 Å². The van der Waals surface area contributed by atoms with E-state index in [1.807, 2.05) is 6.07 Å². The van der Waals surface area contributed by atoms with E-state index in [9.17, 15) is 28.8 Å². The molecule has 6 amide bonds. The molecule has 1 rings (SSSR count). The first-order valence-electron chi connectivity index (χ1n) is 12.8. The van der Waals surface area contributed by atoms with Crippen LogP contribution in [0.4, 0.5) is 0 Å². The lowest BCUT2D eigenvalue weighted by molar-refractivity contribution is -0.131. The molecule has 0 spiro atoms. The van der Waals surface area contributed by atoms with Crippen LogP contribution in [0.3, 0.4) is 0 Å². The Morgan fingerprint density at radius 1 is 0.769 bits per heavy atom. The Labute approximate surface area is 228 Å². The molecule has 0 unspecified atom stereocenters. The number of benzene rings is 1. The molecule has 0 aromatic heterocycles. The van der Waals surface area contributed by atoms with Gasteiger partial charge in [-0.1, -0.05) is 44.2 Å². The molecule has 6 N–H and O–H groups in total. The van der Waals surface area contributed by atoms with Gasteiger partial charge in [0.2, 0.25) is 35.4 Å². The van der Waals surface area contributed by atoms with Crippen LogP contribution < -0.4 is 31.9 Å². The molecule has 0 aliphatic rings. The van der Waals surface area contributed by atoms with Crippen molar-refractivity contribution in [2.75, 3.05) is 39.5 Å². The van der Waals surface area contributed by atoms with Gasteiger partial charge in [0.25, 0.3) is 0 Å². The summed E-state index contributed by atoms with van der Waals surface area (Å²) in [4.78, 5) is 71.5. The first kappa shape index (κ1) is 33.0. The van der Waals surface area contributed by atoms with Crippen LogP contribution in [0.2, 0.25) is 0 Å². The fraction of sp³-hybridized carbons (Fsp3) is 0.538. The van der Waals surface area contributed by atoms with Crippen LogP contribution >= 0.6 is 0 Å². The number of hydrogen-bond acceptors (Lipinski definition) is 7. The molecule has 1 atom stereocenters. The second kappa shape index (κ2) is 19.1. The van der Waals surface area contributed by atoms with Crippen molar-refractivity contribution < 1.29 is 33.5 Å². The number of rotatable bonds is 18. The van der Waals surface area contributed by atoms with Crippen molar-refractivity contribution in [3.05, 3.63) is 35.9 Å². The molecule has 0 aliphatic heterocycles. The maximum absolute atomic E-state index is 12.8. The minimum atomic E-state index is -1.02. The summed E-state index contributed by atoms with van der Waals surface area (Å²) in [6.07, 6.45) is 2.03. The molecular weight excluding hydrogens is 508 g/mol. The molecule has 1 aromatic rings. The normalized spacial score (nSPS) is 11.2. The van der Waals surface area contributed by atoms with Crippen LogP contribution in [0.5, 0.6) is 0 Å². The Bertz CT molecular complexity index is 955. The molecule has 39 heavy (non-hydrogen) atoms. The molecular formula is C26H40N6O7. The van der Waals surface area contributed by atoms with Crippen molar-refractivity contribution in [1.82, 2.24) is 31.9 Å². The van der Waals surface area contributed by atoms with Crippen molar-refractivity contribution in [3.8, 4) is 0 Å². The maximum atomic E-state index is 12.8. The van der Waals surface area contributed by atoms with Gasteiger partial charge >= 0.3 is 0 Å². The van der Waals surface area contributed by atoms with Gasteiger partial charge in [0.1, 0.15) is 19.4 Å². The molecule has 13 heteroatoms. The van der Waals surface area contributed by atoms with Gasteiger partial charge in [-0.25, -0.2) is 0 Å². The number of hydrogen-bond donors (Lipinski definition) is 6. The summed E-state index contributed by atoms with van der Waals surface area (Å²) in [7, 11) is 0. The summed E-state index contributed by atoms with van der Waals surface area (Å²) in [6.45, 7) is 4.55. The third-order valence-corrected chi connectivity index (χ3v) is 5.19. The summed E-state index contributed by atoms with van der Waals surface area (Å²) < 4.78 is 5.14. The van der Waals surface area contributed by atoms with Gasteiger partial charge in [-0.3, -0.25) is 28.8 Å². The summed E-state index contributed by atoms with van der Waals surface area (Å²) in [6, 6.07) is 7.93. The summed E-state index contributed by atoms with van der Waals surface area (Å²) in [5.74, 6) is -2.44. The number of nitrogens with one attached hydrogen (secondary N) is 6. The lowest BCUT2D eigenvalue weighted by atomic mass is 10.1. The predicted molar refractivity (Wildman–Crippen MR) is 143 cm³/mol. The molecule has 0 fully saturated rings. The number of carbonyl (C=O) groups is 6. The molecule has 216 valence electrons. The van der Waals surface area contributed by atoms with Crippen LogP contribution in [0, 0.1) is 5.92 Å². The smallest absolute Gasteiger partial charge is 0.246 e. The first-order chi connectivity index (χ1) is 18.6. The second-order valence-corrected chi connectivity index (χ2v) is 9.19. The largest absolute Gasteiger partial charge is 0.354 e. The van der Waals surface area contributed by atoms with Crippen LogP contribution in [-0.2, 0) is 39.9 Å². The Hall–Kier alpha value is -4.00. The Kier molecular flexibility index (Phi) is 16.2.